The molecule has 4 nitrogen and oxygen atoms in total. The van der Waals surface area contributed by atoms with Crippen LogP contribution >= 0.6 is 34.8 Å². The second-order valence-corrected chi connectivity index (χ2v) is 7.80. The maximum atomic E-state index is 9.17. The Kier molecular flexibility index (Phi) is 9.61. The van der Waals surface area contributed by atoms with E-state index >= 15 is 0 Å². The molecule has 0 fully saturated rings. The molecule has 0 aliphatic carbocycles. The molecule has 22 heavy (non-hydrogen) atoms. The number of halogens is 3. The van der Waals surface area contributed by atoms with Crippen LogP contribution in [0, 0.1) is 34.5 Å². The lowest BCUT2D eigenvalue weighted by Gasteiger charge is -2.31. The Labute approximate surface area is 147 Å². The molecular formula is C15H23Cl3N2O2. The minimum absolute atomic E-state index is 0.00699. The molecule has 126 valence electrons. The Morgan fingerprint density at radius 2 is 1.86 bits per heavy atom. The first-order valence-electron chi connectivity index (χ1n) is 6.89. The van der Waals surface area contributed by atoms with Gasteiger partial charge in [-0.2, -0.15) is 5.26 Å². The molecular weight excluding hydrogens is 347 g/mol. The van der Waals surface area contributed by atoms with E-state index in [4.69, 9.17) is 54.9 Å². The van der Waals surface area contributed by atoms with Gasteiger partial charge in [0.2, 0.25) is 3.79 Å². The molecule has 0 aromatic heterocycles. The fourth-order valence-electron chi connectivity index (χ4n) is 2.12. The number of rotatable bonds is 9. The smallest absolute Gasteiger partial charge is 0.228 e. The SMILES string of the molecule is C=C([C@@H](CC(=N)C(Cl)(Cl)Cl)C(C)C)[C@@H](OCOC)[C@@H](C)C#N. The van der Waals surface area contributed by atoms with Crippen LogP contribution in [0.1, 0.15) is 27.2 Å². The van der Waals surface area contributed by atoms with Crippen molar-refractivity contribution in [3.8, 4) is 6.07 Å². The zero-order chi connectivity index (χ0) is 17.5. The third-order valence-corrected chi connectivity index (χ3v) is 4.12. The van der Waals surface area contributed by atoms with Crippen LogP contribution in [-0.4, -0.2) is 29.5 Å². The largest absolute Gasteiger partial charge is 0.359 e. The topological polar surface area (TPSA) is 66.1 Å². The van der Waals surface area contributed by atoms with Gasteiger partial charge in [-0.3, -0.25) is 0 Å². The number of methoxy groups -OCH3 is 1. The summed E-state index contributed by atoms with van der Waals surface area (Å²) < 4.78 is 8.77. The molecule has 0 heterocycles. The minimum Gasteiger partial charge on any atom is -0.359 e. The summed E-state index contributed by atoms with van der Waals surface area (Å²) in [5.74, 6) is -0.383. The molecule has 0 rings (SSSR count). The number of alkyl halides is 3. The van der Waals surface area contributed by atoms with Gasteiger partial charge in [-0.1, -0.05) is 55.2 Å². The summed E-state index contributed by atoms with van der Waals surface area (Å²) in [5.41, 5.74) is 0.701. The zero-order valence-electron chi connectivity index (χ0n) is 13.3. The number of ether oxygens (including phenoxy) is 2. The fourth-order valence-corrected chi connectivity index (χ4v) is 2.35. The molecule has 0 bridgehead atoms. The Hall–Kier alpha value is -0.310. The van der Waals surface area contributed by atoms with Gasteiger partial charge in [-0.15, -0.1) is 0 Å². The van der Waals surface area contributed by atoms with Crippen LogP contribution < -0.4 is 0 Å². The van der Waals surface area contributed by atoms with Gasteiger partial charge in [0.1, 0.15) is 6.79 Å². The van der Waals surface area contributed by atoms with Crippen LogP contribution in [0.3, 0.4) is 0 Å². The van der Waals surface area contributed by atoms with Crippen LogP contribution in [-0.2, 0) is 9.47 Å². The standard InChI is InChI=1S/C15H23Cl3N2O2/c1-9(2)12(6-13(20)15(16,17)18)11(4)14(10(3)7-19)22-8-21-5/h9-10,12,14,20H,4,6,8H2,1-3,5H3/t10-,12-,14-/m0/s1. The molecule has 0 unspecified atom stereocenters. The normalized spacial score (nSPS) is 16.0. The molecule has 0 spiro atoms. The molecule has 1 N–H and O–H groups in total. The average molecular weight is 370 g/mol. The lowest BCUT2D eigenvalue weighted by Crippen LogP contribution is -2.32. The number of nitriles is 1. The summed E-state index contributed by atoms with van der Waals surface area (Å²) in [6.07, 6.45) is -0.252. The fraction of sp³-hybridized carbons (Fsp3) is 0.733. The van der Waals surface area contributed by atoms with Crippen LogP contribution in [0.2, 0.25) is 0 Å². The van der Waals surface area contributed by atoms with Gasteiger partial charge in [0, 0.05) is 7.11 Å². The molecule has 0 saturated heterocycles. The van der Waals surface area contributed by atoms with Crippen LogP contribution in [0.25, 0.3) is 0 Å². The first-order chi connectivity index (χ1) is 10.1. The van der Waals surface area contributed by atoms with Gasteiger partial charge >= 0.3 is 0 Å². The van der Waals surface area contributed by atoms with E-state index in [1.54, 1.807) is 6.92 Å². The Bertz CT molecular complexity index is 427. The third-order valence-electron chi connectivity index (χ3n) is 3.44. The maximum Gasteiger partial charge on any atom is 0.228 e. The lowest BCUT2D eigenvalue weighted by molar-refractivity contribution is -0.0717. The first-order valence-corrected chi connectivity index (χ1v) is 8.03. The number of nitrogens with one attached hydrogen (secondary N) is 1. The highest BCUT2D eigenvalue weighted by atomic mass is 35.6. The van der Waals surface area contributed by atoms with Crippen LogP contribution in [0.4, 0.5) is 0 Å². The van der Waals surface area contributed by atoms with Crippen molar-refractivity contribution in [2.75, 3.05) is 13.9 Å². The van der Waals surface area contributed by atoms with Gasteiger partial charge in [0.25, 0.3) is 0 Å². The van der Waals surface area contributed by atoms with E-state index in [-0.39, 0.29) is 30.8 Å². The van der Waals surface area contributed by atoms with Crippen LogP contribution in [0.15, 0.2) is 12.2 Å². The van der Waals surface area contributed by atoms with Gasteiger partial charge in [0.15, 0.2) is 0 Å². The van der Waals surface area contributed by atoms with Gasteiger partial charge in [-0.05, 0) is 30.8 Å². The summed E-state index contributed by atoms with van der Waals surface area (Å²) in [4.78, 5) is 0. The third kappa shape index (κ3) is 6.85. The second kappa shape index (κ2) is 9.75. The van der Waals surface area contributed by atoms with Gasteiger partial charge in [0.05, 0.1) is 23.8 Å². The highest BCUT2D eigenvalue weighted by Gasteiger charge is 2.34. The molecule has 3 atom stereocenters. The Morgan fingerprint density at radius 3 is 2.23 bits per heavy atom. The van der Waals surface area contributed by atoms with E-state index in [1.165, 1.54) is 7.11 Å². The maximum absolute atomic E-state index is 9.17. The highest BCUT2D eigenvalue weighted by Crippen LogP contribution is 2.35. The summed E-state index contributed by atoms with van der Waals surface area (Å²) in [7, 11) is 1.51. The van der Waals surface area contributed by atoms with E-state index < -0.39 is 15.8 Å². The lowest BCUT2D eigenvalue weighted by atomic mass is 9.80. The number of hydrogen-bond acceptors (Lipinski definition) is 4. The number of hydrogen-bond donors (Lipinski definition) is 1. The zero-order valence-corrected chi connectivity index (χ0v) is 15.6. The van der Waals surface area contributed by atoms with Gasteiger partial charge < -0.3 is 14.9 Å². The molecule has 0 aromatic carbocycles. The average Bonchev–Trinajstić information content (AvgIpc) is 2.42. The molecule has 0 aromatic rings. The Morgan fingerprint density at radius 1 is 1.32 bits per heavy atom. The van der Waals surface area contributed by atoms with E-state index in [2.05, 4.69) is 12.6 Å². The highest BCUT2D eigenvalue weighted by molar-refractivity contribution is 6.76. The van der Waals surface area contributed by atoms with E-state index in [0.717, 1.165) is 0 Å². The van der Waals surface area contributed by atoms with Crippen molar-refractivity contribution in [2.24, 2.45) is 17.8 Å². The summed E-state index contributed by atoms with van der Waals surface area (Å²) >= 11 is 17.3. The summed E-state index contributed by atoms with van der Waals surface area (Å²) in [5, 5.41) is 17.1. The summed E-state index contributed by atoms with van der Waals surface area (Å²) in [6, 6.07) is 2.16. The molecule has 0 aliphatic rings. The Balaban J connectivity index is 5.24. The molecule has 0 aliphatic heterocycles. The molecule has 0 radical (unpaired) electrons. The number of nitrogens with zero attached hydrogens (tertiary/aromatic N) is 1. The van der Waals surface area contributed by atoms with Crippen molar-refractivity contribution < 1.29 is 9.47 Å². The van der Waals surface area contributed by atoms with Crippen molar-refractivity contribution in [3.63, 3.8) is 0 Å². The molecule has 0 amide bonds. The molecule has 0 saturated carbocycles. The van der Waals surface area contributed by atoms with E-state index in [1.807, 2.05) is 13.8 Å². The predicted octanol–water partition coefficient (Wildman–Crippen LogP) is 4.74. The summed E-state index contributed by atoms with van der Waals surface area (Å²) in [6.45, 7) is 9.87. The van der Waals surface area contributed by atoms with Crippen molar-refractivity contribution in [1.82, 2.24) is 0 Å². The quantitative estimate of drug-likeness (QED) is 0.276. The van der Waals surface area contributed by atoms with E-state index in [0.29, 0.717) is 5.57 Å². The van der Waals surface area contributed by atoms with Crippen molar-refractivity contribution in [3.05, 3.63) is 12.2 Å². The first kappa shape index (κ1) is 21.7. The predicted molar refractivity (Wildman–Crippen MR) is 91.6 cm³/mol. The van der Waals surface area contributed by atoms with E-state index in [9.17, 15) is 0 Å². The monoisotopic (exact) mass is 368 g/mol. The second-order valence-electron chi connectivity index (χ2n) is 5.52. The van der Waals surface area contributed by atoms with Crippen molar-refractivity contribution >= 4 is 40.5 Å². The van der Waals surface area contributed by atoms with Crippen molar-refractivity contribution in [1.29, 1.82) is 10.7 Å². The van der Waals surface area contributed by atoms with Crippen molar-refractivity contribution in [2.45, 2.75) is 37.1 Å². The van der Waals surface area contributed by atoms with Crippen LogP contribution in [0.5, 0.6) is 0 Å². The minimum atomic E-state index is -1.74. The molecule has 7 heteroatoms. The van der Waals surface area contributed by atoms with Gasteiger partial charge in [-0.25, -0.2) is 0 Å².